The molecular formula is C14H24N2OS. The molecule has 1 N–H and O–H groups in total. The number of nitrogens with one attached hydrogen (secondary N) is 1. The van der Waals surface area contributed by atoms with Gasteiger partial charge in [0, 0.05) is 35.2 Å². The second-order valence-electron chi connectivity index (χ2n) is 6.40. The van der Waals surface area contributed by atoms with Crippen LogP contribution in [0.4, 0.5) is 0 Å². The number of ether oxygens (including phenoxy) is 1. The van der Waals surface area contributed by atoms with Crippen LogP contribution in [0.25, 0.3) is 0 Å². The summed E-state index contributed by atoms with van der Waals surface area (Å²) in [7, 11) is 0. The summed E-state index contributed by atoms with van der Waals surface area (Å²) in [6.45, 7) is 9.47. The quantitative estimate of drug-likeness (QED) is 0.912. The number of nitrogens with zero attached hydrogens (tertiary/aromatic N) is 1. The topological polar surface area (TPSA) is 34.2 Å². The lowest BCUT2D eigenvalue weighted by Crippen LogP contribution is -2.48. The summed E-state index contributed by atoms with van der Waals surface area (Å²) < 4.78 is 5.74. The summed E-state index contributed by atoms with van der Waals surface area (Å²) in [6, 6.07) is 0. The molecule has 4 heteroatoms. The Morgan fingerprint density at radius 2 is 2.33 bits per heavy atom. The van der Waals surface area contributed by atoms with Crippen LogP contribution >= 0.6 is 11.3 Å². The summed E-state index contributed by atoms with van der Waals surface area (Å²) in [5.74, 6) is 0. The first kappa shape index (κ1) is 14.0. The highest BCUT2D eigenvalue weighted by Crippen LogP contribution is 2.33. The minimum Gasteiger partial charge on any atom is -0.381 e. The van der Waals surface area contributed by atoms with Gasteiger partial charge in [-0.3, -0.25) is 4.98 Å². The Hall–Kier alpha value is -0.450. The molecule has 1 aliphatic heterocycles. The van der Waals surface area contributed by atoms with Crippen LogP contribution in [0.15, 0.2) is 11.7 Å². The van der Waals surface area contributed by atoms with E-state index in [1.54, 1.807) is 11.3 Å². The lowest BCUT2D eigenvalue weighted by atomic mass is 9.78. The zero-order valence-corrected chi connectivity index (χ0v) is 12.5. The second-order valence-corrected chi connectivity index (χ2v) is 7.38. The summed E-state index contributed by atoms with van der Waals surface area (Å²) in [5.41, 5.74) is 2.33. The normalized spacial score (nSPS) is 25.3. The first-order chi connectivity index (χ1) is 8.49. The largest absolute Gasteiger partial charge is 0.381 e. The maximum Gasteiger partial charge on any atom is 0.0794 e. The van der Waals surface area contributed by atoms with Crippen LogP contribution in [0.3, 0.4) is 0 Å². The van der Waals surface area contributed by atoms with Crippen molar-refractivity contribution in [2.75, 3.05) is 19.8 Å². The van der Waals surface area contributed by atoms with Crippen LogP contribution < -0.4 is 5.32 Å². The van der Waals surface area contributed by atoms with Crippen LogP contribution in [0.2, 0.25) is 0 Å². The van der Waals surface area contributed by atoms with Crippen molar-refractivity contribution < 1.29 is 4.74 Å². The minimum absolute atomic E-state index is 0.165. The first-order valence-electron chi connectivity index (χ1n) is 6.69. The zero-order valence-electron chi connectivity index (χ0n) is 11.7. The molecule has 1 saturated heterocycles. The Bertz CT molecular complexity index is 350. The van der Waals surface area contributed by atoms with E-state index in [0.717, 1.165) is 26.2 Å². The molecule has 0 radical (unpaired) electrons. The van der Waals surface area contributed by atoms with E-state index >= 15 is 0 Å². The molecule has 1 aromatic heterocycles. The molecular weight excluding hydrogens is 244 g/mol. The van der Waals surface area contributed by atoms with Crippen molar-refractivity contribution in [1.29, 1.82) is 0 Å². The van der Waals surface area contributed by atoms with Gasteiger partial charge in [0.25, 0.3) is 0 Å². The van der Waals surface area contributed by atoms with Gasteiger partial charge in [-0.25, -0.2) is 0 Å². The van der Waals surface area contributed by atoms with E-state index < -0.39 is 0 Å². The summed E-state index contributed by atoms with van der Waals surface area (Å²) in [4.78, 5) is 5.56. The van der Waals surface area contributed by atoms with E-state index in [9.17, 15) is 0 Å². The van der Waals surface area contributed by atoms with Gasteiger partial charge in [0.1, 0.15) is 0 Å². The molecule has 0 saturated carbocycles. The van der Waals surface area contributed by atoms with Gasteiger partial charge in [-0.05, 0) is 40.0 Å². The van der Waals surface area contributed by atoms with Gasteiger partial charge in [0.05, 0.1) is 12.1 Å². The average Bonchev–Trinajstić information content (AvgIpc) is 2.80. The third-order valence-corrected chi connectivity index (χ3v) is 4.21. The van der Waals surface area contributed by atoms with Gasteiger partial charge in [-0.2, -0.15) is 0 Å². The fourth-order valence-electron chi connectivity index (χ4n) is 2.40. The van der Waals surface area contributed by atoms with Gasteiger partial charge in [0.15, 0.2) is 0 Å². The van der Waals surface area contributed by atoms with Crippen LogP contribution in [0.5, 0.6) is 0 Å². The molecule has 2 heterocycles. The fourth-order valence-corrected chi connectivity index (χ4v) is 3.17. The summed E-state index contributed by atoms with van der Waals surface area (Å²) in [6.07, 6.45) is 5.50. The van der Waals surface area contributed by atoms with Gasteiger partial charge < -0.3 is 10.1 Å². The van der Waals surface area contributed by atoms with Gasteiger partial charge >= 0.3 is 0 Å². The summed E-state index contributed by atoms with van der Waals surface area (Å²) in [5, 5.41) is 3.65. The highest BCUT2D eigenvalue weighted by Gasteiger charge is 2.34. The van der Waals surface area contributed by atoms with Gasteiger partial charge in [0.2, 0.25) is 0 Å². The third-order valence-electron chi connectivity index (χ3n) is 3.43. The highest BCUT2D eigenvalue weighted by molar-refractivity contribution is 7.09. The van der Waals surface area contributed by atoms with Crippen LogP contribution in [-0.4, -0.2) is 30.3 Å². The molecule has 1 aromatic rings. The number of rotatable bonds is 4. The van der Waals surface area contributed by atoms with E-state index in [2.05, 4.69) is 31.1 Å². The second kappa shape index (κ2) is 5.68. The van der Waals surface area contributed by atoms with E-state index in [0.29, 0.717) is 0 Å². The van der Waals surface area contributed by atoms with Crippen molar-refractivity contribution in [1.82, 2.24) is 10.3 Å². The molecule has 0 aromatic carbocycles. The predicted molar refractivity (Wildman–Crippen MR) is 76.1 cm³/mol. The van der Waals surface area contributed by atoms with Crippen molar-refractivity contribution in [3.8, 4) is 0 Å². The monoisotopic (exact) mass is 268 g/mol. The van der Waals surface area contributed by atoms with E-state index in [4.69, 9.17) is 4.74 Å². The van der Waals surface area contributed by atoms with Crippen LogP contribution in [0, 0.1) is 5.41 Å². The SMILES string of the molecule is CC(C)(C)NCC1(Cc2cncs2)CCCOC1. The molecule has 18 heavy (non-hydrogen) atoms. The Labute approximate surface area is 114 Å². The molecule has 0 amide bonds. The number of thiazole rings is 1. The smallest absolute Gasteiger partial charge is 0.0794 e. The van der Waals surface area contributed by atoms with Crippen molar-refractivity contribution in [2.45, 2.75) is 45.6 Å². The zero-order chi connectivity index (χ0) is 13.1. The summed E-state index contributed by atoms with van der Waals surface area (Å²) >= 11 is 1.75. The first-order valence-corrected chi connectivity index (χ1v) is 7.57. The highest BCUT2D eigenvalue weighted by atomic mass is 32.1. The Kier molecular flexibility index (Phi) is 4.41. The van der Waals surface area contributed by atoms with Crippen molar-refractivity contribution in [3.05, 3.63) is 16.6 Å². The lowest BCUT2D eigenvalue weighted by molar-refractivity contribution is -0.00954. The fraction of sp³-hybridized carbons (Fsp3) is 0.786. The van der Waals surface area contributed by atoms with E-state index in [1.165, 1.54) is 17.7 Å². The van der Waals surface area contributed by atoms with Crippen molar-refractivity contribution >= 4 is 11.3 Å². The standard InChI is InChI=1S/C14H24N2OS/c1-13(2,3)16-9-14(5-4-6-17-10-14)7-12-8-15-11-18-12/h8,11,16H,4-7,9-10H2,1-3H3. The molecule has 102 valence electrons. The maximum atomic E-state index is 5.74. The van der Waals surface area contributed by atoms with Crippen molar-refractivity contribution in [3.63, 3.8) is 0 Å². The molecule has 0 spiro atoms. The lowest BCUT2D eigenvalue weighted by Gasteiger charge is -2.39. The molecule has 1 fully saturated rings. The molecule has 3 nitrogen and oxygen atoms in total. The van der Waals surface area contributed by atoms with E-state index in [-0.39, 0.29) is 11.0 Å². The predicted octanol–water partition coefficient (Wildman–Crippen LogP) is 2.87. The molecule has 0 aliphatic carbocycles. The van der Waals surface area contributed by atoms with E-state index in [1.807, 2.05) is 11.7 Å². The number of hydrogen-bond acceptors (Lipinski definition) is 4. The van der Waals surface area contributed by atoms with Crippen LogP contribution in [0.1, 0.15) is 38.5 Å². The number of aromatic nitrogens is 1. The Balaban J connectivity index is 2.02. The molecule has 2 rings (SSSR count). The van der Waals surface area contributed by atoms with Gasteiger partial charge in [-0.15, -0.1) is 11.3 Å². The van der Waals surface area contributed by atoms with Crippen molar-refractivity contribution in [2.24, 2.45) is 5.41 Å². The number of hydrogen-bond donors (Lipinski definition) is 1. The average molecular weight is 268 g/mol. The molecule has 1 unspecified atom stereocenters. The minimum atomic E-state index is 0.165. The molecule has 1 aliphatic rings. The maximum absolute atomic E-state index is 5.74. The molecule has 1 atom stereocenters. The third kappa shape index (κ3) is 4.04. The Morgan fingerprint density at radius 1 is 1.50 bits per heavy atom. The van der Waals surface area contributed by atoms with Crippen LogP contribution in [-0.2, 0) is 11.2 Å². The van der Waals surface area contributed by atoms with Gasteiger partial charge in [-0.1, -0.05) is 0 Å². The molecule has 0 bridgehead atoms. The Morgan fingerprint density at radius 3 is 2.89 bits per heavy atom.